The van der Waals surface area contributed by atoms with Crippen molar-refractivity contribution in [2.75, 3.05) is 26.2 Å². The lowest BCUT2D eigenvalue weighted by Gasteiger charge is -2.32. The van der Waals surface area contributed by atoms with Crippen LogP contribution >= 0.6 is 0 Å². The maximum absolute atomic E-state index is 12.8. The van der Waals surface area contributed by atoms with Crippen LogP contribution in [-0.4, -0.2) is 74.2 Å². The number of nitrogens with zero attached hydrogens (tertiary/aromatic N) is 5. The SMILES string of the molecule is Cc1cc(C)n2nc(CC(=O)N3CCCC(C(=O)NCCNC(=O)OC(C)(C)C)C3)nc2n1. The number of aromatic nitrogens is 4. The van der Waals surface area contributed by atoms with Gasteiger partial charge in [-0.1, -0.05) is 0 Å². The van der Waals surface area contributed by atoms with Crippen molar-refractivity contribution < 1.29 is 19.1 Å². The van der Waals surface area contributed by atoms with E-state index in [1.54, 1.807) is 30.2 Å². The van der Waals surface area contributed by atoms with E-state index in [1.807, 2.05) is 19.9 Å². The van der Waals surface area contributed by atoms with E-state index in [9.17, 15) is 14.4 Å². The van der Waals surface area contributed by atoms with E-state index >= 15 is 0 Å². The Labute approximate surface area is 193 Å². The van der Waals surface area contributed by atoms with E-state index < -0.39 is 11.7 Å². The maximum Gasteiger partial charge on any atom is 0.407 e. The molecule has 180 valence electrons. The second kappa shape index (κ2) is 10.1. The van der Waals surface area contributed by atoms with Gasteiger partial charge >= 0.3 is 6.09 Å². The Hall–Kier alpha value is -3.24. The molecule has 0 saturated carbocycles. The molecule has 0 aromatic carbocycles. The van der Waals surface area contributed by atoms with Crippen LogP contribution in [0.25, 0.3) is 5.78 Å². The van der Waals surface area contributed by atoms with Gasteiger partial charge in [-0.15, -0.1) is 5.10 Å². The molecule has 1 aliphatic rings. The average molecular weight is 460 g/mol. The predicted octanol–water partition coefficient (Wildman–Crippen LogP) is 1.16. The number of aryl methyl sites for hydroxylation is 2. The monoisotopic (exact) mass is 459 g/mol. The highest BCUT2D eigenvalue weighted by Gasteiger charge is 2.29. The second-order valence-corrected chi connectivity index (χ2v) is 9.35. The molecule has 3 heterocycles. The summed E-state index contributed by atoms with van der Waals surface area (Å²) in [6, 6.07) is 1.91. The highest BCUT2D eigenvalue weighted by Crippen LogP contribution is 2.18. The van der Waals surface area contributed by atoms with Gasteiger partial charge in [0.05, 0.1) is 12.3 Å². The lowest BCUT2D eigenvalue weighted by atomic mass is 9.97. The number of hydrogen-bond acceptors (Lipinski definition) is 7. The Morgan fingerprint density at radius 3 is 2.61 bits per heavy atom. The van der Waals surface area contributed by atoms with Crippen molar-refractivity contribution in [2.24, 2.45) is 5.92 Å². The number of amides is 3. The normalized spacial score (nSPS) is 16.5. The number of piperidine rings is 1. The van der Waals surface area contributed by atoms with E-state index in [0.717, 1.165) is 17.8 Å². The van der Waals surface area contributed by atoms with E-state index in [1.165, 1.54) is 0 Å². The fourth-order valence-electron chi connectivity index (χ4n) is 3.76. The summed E-state index contributed by atoms with van der Waals surface area (Å²) in [6.45, 7) is 10.7. The van der Waals surface area contributed by atoms with Crippen LogP contribution in [0, 0.1) is 19.8 Å². The van der Waals surface area contributed by atoms with Crippen LogP contribution in [0.15, 0.2) is 6.07 Å². The molecule has 11 heteroatoms. The van der Waals surface area contributed by atoms with Gasteiger partial charge in [-0.3, -0.25) is 9.59 Å². The molecule has 0 spiro atoms. The van der Waals surface area contributed by atoms with E-state index in [0.29, 0.717) is 37.7 Å². The highest BCUT2D eigenvalue weighted by atomic mass is 16.6. The van der Waals surface area contributed by atoms with Gasteiger partial charge in [0.1, 0.15) is 5.60 Å². The van der Waals surface area contributed by atoms with Crippen LogP contribution < -0.4 is 10.6 Å². The minimum Gasteiger partial charge on any atom is -0.444 e. The van der Waals surface area contributed by atoms with Gasteiger partial charge in [-0.2, -0.15) is 4.98 Å². The number of carbonyl (C=O) groups is 3. The standard InChI is InChI=1S/C22H33N7O4/c1-14-11-15(2)29-20(25-14)26-17(27-29)12-18(30)28-10-6-7-16(13-28)19(31)23-8-9-24-21(32)33-22(3,4)5/h11,16H,6-10,12-13H2,1-5H3,(H,23,31)(H,24,32). The van der Waals surface area contributed by atoms with Crippen LogP contribution in [0.4, 0.5) is 4.79 Å². The summed E-state index contributed by atoms with van der Waals surface area (Å²) in [5, 5.41) is 9.83. The smallest absolute Gasteiger partial charge is 0.407 e. The summed E-state index contributed by atoms with van der Waals surface area (Å²) in [4.78, 5) is 47.5. The van der Waals surface area contributed by atoms with Crippen molar-refractivity contribution in [1.82, 2.24) is 35.1 Å². The van der Waals surface area contributed by atoms with Crippen LogP contribution in [0.2, 0.25) is 0 Å². The number of rotatable bonds is 6. The van der Waals surface area contributed by atoms with Gasteiger partial charge in [0, 0.05) is 37.6 Å². The third-order valence-electron chi connectivity index (χ3n) is 5.21. The molecule has 3 rings (SSSR count). The van der Waals surface area contributed by atoms with Crippen molar-refractivity contribution in [2.45, 2.75) is 59.5 Å². The Kier molecular flexibility index (Phi) is 7.50. The number of nitrogens with one attached hydrogen (secondary N) is 2. The van der Waals surface area contributed by atoms with Crippen molar-refractivity contribution in [3.8, 4) is 0 Å². The molecular weight excluding hydrogens is 426 g/mol. The Balaban J connectivity index is 1.47. The first-order valence-corrected chi connectivity index (χ1v) is 11.2. The van der Waals surface area contributed by atoms with E-state index in [2.05, 4.69) is 25.7 Å². The molecule has 1 unspecified atom stereocenters. The van der Waals surface area contributed by atoms with Crippen LogP contribution in [-0.2, 0) is 20.7 Å². The van der Waals surface area contributed by atoms with Gasteiger partial charge in [0.2, 0.25) is 11.8 Å². The summed E-state index contributed by atoms with van der Waals surface area (Å²) < 4.78 is 6.79. The third-order valence-corrected chi connectivity index (χ3v) is 5.21. The first-order valence-electron chi connectivity index (χ1n) is 11.2. The Morgan fingerprint density at radius 2 is 1.88 bits per heavy atom. The first kappa shape index (κ1) is 24.4. The van der Waals surface area contributed by atoms with Crippen molar-refractivity contribution in [3.05, 3.63) is 23.3 Å². The number of ether oxygens (including phenoxy) is 1. The molecule has 3 amide bonds. The van der Waals surface area contributed by atoms with Gasteiger partial charge in [-0.25, -0.2) is 14.3 Å². The van der Waals surface area contributed by atoms with Crippen LogP contribution in [0.1, 0.15) is 50.8 Å². The Morgan fingerprint density at radius 1 is 1.15 bits per heavy atom. The number of fused-ring (bicyclic) bond motifs is 1. The fraction of sp³-hybridized carbons (Fsp3) is 0.636. The average Bonchev–Trinajstić information content (AvgIpc) is 3.12. The number of carbonyl (C=O) groups excluding carboxylic acids is 3. The maximum atomic E-state index is 12.8. The molecule has 0 bridgehead atoms. The summed E-state index contributed by atoms with van der Waals surface area (Å²) in [6.07, 6.45) is 1.01. The quantitative estimate of drug-likeness (QED) is 0.620. The van der Waals surface area contributed by atoms with Crippen LogP contribution in [0.3, 0.4) is 0 Å². The topological polar surface area (TPSA) is 131 Å². The van der Waals surface area contributed by atoms with E-state index in [4.69, 9.17) is 4.74 Å². The molecule has 2 aromatic rings. The minimum atomic E-state index is -0.571. The summed E-state index contributed by atoms with van der Waals surface area (Å²) >= 11 is 0. The molecule has 2 aromatic heterocycles. The first-order chi connectivity index (χ1) is 15.5. The van der Waals surface area contributed by atoms with Crippen molar-refractivity contribution >= 4 is 23.7 Å². The van der Waals surface area contributed by atoms with Gasteiger partial charge in [0.15, 0.2) is 5.82 Å². The lowest BCUT2D eigenvalue weighted by Crippen LogP contribution is -2.47. The predicted molar refractivity (Wildman–Crippen MR) is 121 cm³/mol. The van der Waals surface area contributed by atoms with E-state index in [-0.39, 0.29) is 30.7 Å². The molecule has 2 N–H and O–H groups in total. The number of hydrogen-bond donors (Lipinski definition) is 2. The van der Waals surface area contributed by atoms with Crippen LogP contribution in [0.5, 0.6) is 0 Å². The molecule has 0 aliphatic carbocycles. The molecule has 33 heavy (non-hydrogen) atoms. The molecule has 11 nitrogen and oxygen atoms in total. The largest absolute Gasteiger partial charge is 0.444 e. The third kappa shape index (κ3) is 6.87. The summed E-state index contributed by atoms with van der Waals surface area (Å²) in [5.41, 5.74) is 1.18. The molecule has 1 saturated heterocycles. The molecule has 1 aliphatic heterocycles. The lowest BCUT2D eigenvalue weighted by molar-refractivity contribution is -0.135. The zero-order valence-corrected chi connectivity index (χ0v) is 20.0. The highest BCUT2D eigenvalue weighted by molar-refractivity contribution is 5.82. The van der Waals surface area contributed by atoms with Gasteiger partial charge < -0.3 is 20.3 Å². The zero-order chi connectivity index (χ0) is 24.2. The van der Waals surface area contributed by atoms with Crippen molar-refractivity contribution in [1.29, 1.82) is 0 Å². The molecular formula is C22H33N7O4. The van der Waals surface area contributed by atoms with Gasteiger partial charge in [-0.05, 0) is 53.5 Å². The number of likely N-dealkylation sites (tertiary alicyclic amines) is 1. The van der Waals surface area contributed by atoms with Gasteiger partial charge in [0.25, 0.3) is 5.78 Å². The summed E-state index contributed by atoms with van der Waals surface area (Å²) in [5.74, 6) is 0.376. The summed E-state index contributed by atoms with van der Waals surface area (Å²) in [7, 11) is 0. The molecule has 1 atom stereocenters. The van der Waals surface area contributed by atoms with Crippen molar-refractivity contribution in [3.63, 3.8) is 0 Å². The Bertz CT molecular complexity index is 1030. The minimum absolute atomic E-state index is 0.0655. The molecule has 1 fully saturated rings. The molecule has 0 radical (unpaired) electrons. The second-order valence-electron chi connectivity index (χ2n) is 9.35. The fourth-order valence-corrected chi connectivity index (χ4v) is 3.76. The number of alkyl carbamates (subject to hydrolysis) is 1. The zero-order valence-electron chi connectivity index (χ0n) is 20.0.